The zero-order valence-corrected chi connectivity index (χ0v) is 9.88. The quantitative estimate of drug-likeness (QED) is 0.550. The van der Waals surface area contributed by atoms with Crippen molar-refractivity contribution in [2.45, 2.75) is 63.8 Å². The van der Waals surface area contributed by atoms with Gasteiger partial charge in [-0.1, -0.05) is 37.8 Å². The number of hydrogen-bond acceptors (Lipinski definition) is 1. The third kappa shape index (κ3) is 3.98. The molecule has 2 rings (SSSR count). The third-order valence-corrected chi connectivity index (χ3v) is 3.93. The summed E-state index contributed by atoms with van der Waals surface area (Å²) in [5.41, 5.74) is 0. The van der Waals surface area contributed by atoms with Crippen LogP contribution in [-0.2, 0) is 0 Å². The van der Waals surface area contributed by atoms with Gasteiger partial charge in [0.2, 0.25) is 0 Å². The predicted octanol–water partition coefficient (Wildman–Crippen LogP) is 3.66. The molecule has 1 fully saturated rings. The Balaban J connectivity index is 1.65. The van der Waals surface area contributed by atoms with Gasteiger partial charge in [0.15, 0.2) is 0 Å². The van der Waals surface area contributed by atoms with Gasteiger partial charge in [0.05, 0.1) is 0 Å². The molecule has 0 aromatic rings. The lowest BCUT2D eigenvalue weighted by Gasteiger charge is -2.22. The van der Waals surface area contributed by atoms with Gasteiger partial charge in [-0.05, 0) is 44.6 Å². The second-order valence-electron chi connectivity index (χ2n) is 5.25. The first-order valence-electron chi connectivity index (χ1n) is 6.83. The predicted molar refractivity (Wildman–Crippen MR) is 66.0 cm³/mol. The van der Waals surface area contributed by atoms with Crippen LogP contribution in [0.1, 0.15) is 57.8 Å². The van der Waals surface area contributed by atoms with E-state index in [-0.39, 0.29) is 0 Å². The summed E-state index contributed by atoms with van der Waals surface area (Å²) in [6.07, 6.45) is 17.4. The molecule has 0 aromatic heterocycles. The normalized spacial score (nSPS) is 28.9. The maximum atomic E-state index is 3.80. The molecule has 0 heterocycles. The van der Waals surface area contributed by atoms with E-state index >= 15 is 0 Å². The summed E-state index contributed by atoms with van der Waals surface area (Å²) >= 11 is 0. The number of rotatable bonds is 3. The molecule has 0 aliphatic heterocycles. The van der Waals surface area contributed by atoms with Crippen molar-refractivity contribution < 1.29 is 0 Å². The molecule has 1 atom stereocenters. The van der Waals surface area contributed by atoms with Crippen LogP contribution in [0.2, 0.25) is 0 Å². The Morgan fingerprint density at radius 3 is 2.40 bits per heavy atom. The van der Waals surface area contributed by atoms with Crippen molar-refractivity contribution in [3.8, 4) is 0 Å². The second-order valence-corrected chi connectivity index (χ2v) is 5.25. The molecule has 0 aromatic carbocycles. The average molecular weight is 207 g/mol. The molecule has 86 valence electrons. The van der Waals surface area contributed by atoms with Gasteiger partial charge >= 0.3 is 0 Å². The maximum Gasteiger partial charge on any atom is 0.00671 e. The highest BCUT2D eigenvalue weighted by Crippen LogP contribution is 2.20. The van der Waals surface area contributed by atoms with Gasteiger partial charge in [-0.3, -0.25) is 0 Å². The van der Waals surface area contributed by atoms with Gasteiger partial charge in [-0.15, -0.1) is 0 Å². The van der Waals surface area contributed by atoms with Crippen LogP contribution in [0.5, 0.6) is 0 Å². The van der Waals surface area contributed by atoms with E-state index in [0.29, 0.717) is 0 Å². The average Bonchev–Trinajstić information content (AvgIpc) is 2.56. The summed E-state index contributed by atoms with van der Waals surface area (Å²) in [6.45, 7) is 1.26. The highest BCUT2D eigenvalue weighted by atomic mass is 14.9. The number of nitrogens with one attached hydrogen (secondary N) is 1. The van der Waals surface area contributed by atoms with Crippen LogP contribution in [0.15, 0.2) is 12.2 Å². The summed E-state index contributed by atoms with van der Waals surface area (Å²) in [7, 11) is 0. The van der Waals surface area contributed by atoms with E-state index < -0.39 is 0 Å². The largest absolute Gasteiger partial charge is 0.314 e. The van der Waals surface area contributed by atoms with Crippen LogP contribution in [-0.4, -0.2) is 12.6 Å². The molecule has 2 aliphatic carbocycles. The molecule has 0 radical (unpaired) electrons. The second kappa shape index (κ2) is 6.32. The zero-order chi connectivity index (χ0) is 10.3. The van der Waals surface area contributed by atoms with Crippen LogP contribution in [0, 0.1) is 5.92 Å². The van der Waals surface area contributed by atoms with Gasteiger partial charge < -0.3 is 5.32 Å². The lowest BCUT2D eigenvalue weighted by molar-refractivity contribution is 0.381. The lowest BCUT2D eigenvalue weighted by Crippen LogP contribution is -2.33. The molecule has 0 amide bonds. The van der Waals surface area contributed by atoms with Crippen LogP contribution in [0.25, 0.3) is 0 Å². The monoisotopic (exact) mass is 207 g/mol. The van der Waals surface area contributed by atoms with Crippen molar-refractivity contribution in [1.82, 2.24) is 5.32 Å². The number of hydrogen-bond donors (Lipinski definition) is 1. The van der Waals surface area contributed by atoms with Crippen LogP contribution in [0.3, 0.4) is 0 Å². The molecule has 15 heavy (non-hydrogen) atoms. The van der Waals surface area contributed by atoms with E-state index in [1.807, 2.05) is 0 Å². The molecule has 1 saturated carbocycles. The fraction of sp³-hybridized carbons (Fsp3) is 0.857. The Labute approximate surface area is 94.3 Å². The van der Waals surface area contributed by atoms with Crippen molar-refractivity contribution in [1.29, 1.82) is 0 Å². The SMILES string of the molecule is C1=CCC(CNC2CCCCCC2)CC1. The standard InChI is InChI=1S/C14H25N/c1-2-7-11-14(10-6-1)15-12-13-8-4-3-5-9-13/h3-4,13-15H,1-2,5-12H2. The van der Waals surface area contributed by atoms with E-state index in [9.17, 15) is 0 Å². The fourth-order valence-electron chi connectivity index (χ4n) is 2.86. The molecule has 1 nitrogen and oxygen atoms in total. The van der Waals surface area contributed by atoms with Crippen LogP contribution < -0.4 is 5.32 Å². The summed E-state index contributed by atoms with van der Waals surface area (Å²) in [6, 6.07) is 0.832. The first kappa shape index (κ1) is 11.2. The van der Waals surface area contributed by atoms with Crippen LogP contribution in [0.4, 0.5) is 0 Å². The fourth-order valence-corrected chi connectivity index (χ4v) is 2.86. The van der Waals surface area contributed by atoms with Crippen molar-refractivity contribution in [2.75, 3.05) is 6.54 Å². The molecule has 1 heteroatoms. The minimum atomic E-state index is 0.832. The lowest BCUT2D eigenvalue weighted by atomic mass is 9.94. The first-order chi connectivity index (χ1) is 7.45. The Kier molecular flexibility index (Phi) is 4.72. The molecular weight excluding hydrogens is 182 g/mol. The topological polar surface area (TPSA) is 12.0 Å². The summed E-state index contributed by atoms with van der Waals surface area (Å²) in [5, 5.41) is 3.80. The van der Waals surface area contributed by atoms with Gasteiger partial charge in [0.25, 0.3) is 0 Å². The van der Waals surface area contributed by atoms with Crippen molar-refractivity contribution in [2.24, 2.45) is 5.92 Å². The molecule has 1 unspecified atom stereocenters. The van der Waals surface area contributed by atoms with Crippen molar-refractivity contribution in [3.63, 3.8) is 0 Å². The van der Waals surface area contributed by atoms with Gasteiger partial charge in [0, 0.05) is 6.04 Å². The molecule has 0 bridgehead atoms. The van der Waals surface area contributed by atoms with Crippen LogP contribution >= 0.6 is 0 Å². The van der Waals surface area contributed by atoms with E-state index in [1.54, 1.807) is 0 Å². The summed E-state index contributed by atoms with van der Waals surface area (Å²) < 4.78 is 0. The Bertz CT molecular complexity index is 190. The van der Waals surface area contributed by atoms with Gasteiger partial charge in [-0.25, -0.2) is 0 Å². The summed E-state index contributed by atoms with van der Waals surface area (Å²) in [5.74, 6) is 0.915. The summed E-state index contributed by atoms with van der Waals surface area (Å²) in [4.78, 5) is 0. The molecule has 2 aliphatic rings. The highest BCUT2D eigenvalue weighted by Gasteiger charge is 2.14. The van der Waals surface area contributed by atoms with Gasteiger partial charge in [0.1, 0.15) is 0 Å². The van der Waals surface area contributed by atoms with Crippen molar-refractivity contribution >= 4 is 0 Å². The molecule has 0 spiro atoms. The minimum Gasteiger partial charge on any atom is -0.314 e. The smallest absolute Gasteiger partial charge is 0.00671 e. The van der Waals surface area contributed by atoms with Crippen molar-refractivity contribution in [3.05, 3.63) is 12.2 Å². The van der Waals surface area contributed by atoms with Gasteiger partial charge in [-0.2, -0.15) is 0 Å². The first-order valence-corrected chi connectivity index (χ1v) is 6.83. The maximum absolute atomic E-state index is 3.80. The zero-order valence-electron chi connectivity index (χ0n) is 9.88. The molecular formula is C14H25N. The molecule has 0 saturated heterocycles. The molecule has 1 N–H and O–H groups in total. The van der Waals surface area contributed by atoms with E-state index in [1.165, 1.54) is 64.3 Å². The Morgan fingerprint density at radius 1 is 0.933 bits per heavy atom. The highest BCUT2D eigenvalue weighted by molar-refractivity contribution is 4.90. The number of allylic oxidation sites excluding steroid dienone is 2. The third-order valence-electron chi connectivity index (χ3n) is 3.93. The minimum absolute atomic E-state index is 0.832. The Hall–Kier alpha value is -0.300. The Morgan fingerprint density at radius 2 is 1.73 bits per heavy atom. The van der Waals surface area contributed by atoms with E-state index in [2.05, 4.69) is 17.5 Å². The van der Waals surface area contributed by atoms with E-state index in [0.717, 1.165) is 12.0 Å². The van der Waals surface area contributed by atoms with E-state index in [4.69, 9.17) is 0 Å².